The largest absolute Gasteiger partial charge is 0.493 e. The normalized spacial score (nSPS) is 11.3. The van der Waals surface area contributed by atoms with Crippen molar-refractivity contribution < 1.29 is 23.5 Å². The summed E-state index contributed by atoms with van der Waals surface area (Å²) in [5.41, 5.74) is 4.72. The third-order valence-corrected chi connectivity index (χ3v) is 8.99. The zero-order chi connectivity index (χ0) is 36.2. The van der Waals surface area contributed by atoms with Crippen molar-refractivity contribution in [2.24, 2.45) is 14.1 Å². The molecule has 0 aliphatic heterocycles. The quantitative estimate of drug-likeness (QED) is 0.170. The number of hydrogen-bond acceptors (Lipinski definition) is 8. The molecule has 0 aliphatic carbocycles. The maximum atomic E-state index is 13.6. The van der Waals surface area contributed by atoms with Gasteiger partial charge in [0.05, 0.1) is 41.9 Å². The molecule has 0 spiro atoms. The smallest absolute Gasteiger partial charge is 0.328 e. The van der Waals surface area contributed by atoms with Gasteiger partial charge in [-0.2, -0.15) is 0 Å². The molecular formula is C39H39N5O7. The first kappa shape index (κ1) is 34.7. The van der Waals surface area contributed by atoms with Crippen LogP contribution in [0.3, 0.4) is 0 Å². The van der Waals surface area contributed by atoms with Crippen molar-refractivity contribution in [3.63, 3.8) is 0 Å². The molecule has 12 nitrogen and oxygen atoms in total. The Kier molecular flexibility index (Phi) is 10.1. The number of aromatic nitrogens is 2. The van der Waals surface area contributed by atoms with E-state index in [1.165, 1.54) is 26.4 Å². The number of likely N-dealkylation sites (N-methyl/N-ethyl adjacent to an activating group) is 1. The van der Waals surface area contributed by atoms with Crippen molar-refractivity contribution in [2.45, 2.75) is 19.9 Å². The highest BCUT2D eigenvalue weighted by Gasteiger charge is 2.21. The lowest BCUT2D eigenvalue weighted by Gasteiger charge is -2.21. The number of nitrogens with zero attached hydrogens (tertiary/aromatic N) is 3. The average molecular weight is 690 g/mol. The fraction of sp³-hybridized carbons (Fsp3) is 0.231. The van der Waals surface area contributed by atoms with Gasteiger partial charge in [-0.05, 0) is 66.6 Å². The first-order valence-electron chi connectivity index (χ1n) is 16.5. The molecule has 0 saturated carbocycles. The molecule has 0 radical (unpaired) electrons. The van der Waals surface area contributed by atoms with Gasteiger partial charge in [-0.1, -0.05) is 37.3 Å². The number of carbonyl (C=O) groups excluding carboxylic acids is 2. The van der Waals surface area contributed by atoms with Gasteiger partial charge in [0.25, 0.3) is 11.8 Å². The zero-order valence-corrected chi connectivity index (χ0v) is 29.1. The zero-order valence-electron chi connectivity index (χ0n) is 29.1. The molecule has 0 unspecified atom stereocenters. The second-order valence-corrected chi connectivity index (χ2v) is 12.2. The first-order valence-corrected chi connectivity index (χ1v) is 16.5. The molecule has 2 heterocycles. The fourth-order valence-corrected chi connectivity index (χ4v) is 6.07. The van der Waals surface area contributed by atoms with E-state index in [9.17, 15) is 19.2 Å². The number of anilines is 2. The highest BCUT2D eigenvalue weighted by molar-refractivity contribution is 6.12. The SMILES string of the molecule is CCN(CCc1ccc(NC(=O)c2cc(OC)c(OC)cc2NC(=O)c2cc(=O)c3ccccc3o2)cc1)Cc1ccc2c(c1)n(C)c(=O)n2C. The van der Waals surface area contributed by atoms with Gasteiger partial charge in [0.2, 0.25) is 0 Å². The predicted molar refractivity (Wildman–Crippen MR) is 197 cm³/mol. The molecule has 2 N–H and O–H groups in total. The lowest BCUT2D eigenvalue weighted by atomic mass is 10.1. The summed E-state index contributed by atoms with van der Waals surface area (Å²) in [4.78, 5) is 54.2. The lowest BCUT2D eigenvalue weighted by molar-refractivity contribution is 0.0997. The van der Waals surface area contributed by atoms with E-state index in [-0.39, 0.29) is 33.7 Å². The number of benzene rings is 4. The van der Waals surface area contributed by atoms with Gasteiger partial charge in [-0.15, -0.1) is 0 Å². The van der Waals surface area contributed by atoms with E-state index in [4.69, 9.17) is 13.9 Å². The molecule has 0 aliphatic rings. The minimum atomic E-state index is -0.712. The van der Waals surface area contributed by atoms with E-state index in [1.54, 1.807) is 47.5 Å². The van der Waals surface area contributed by atoms with E-state index in [0.29, 0.717) is 22.6 Å². The summed E-state index contributed by atoms with van der Waals surface area (Å²) in [7, 11) is 6.47. The van der Waals surface area contributed by atoms with Gasteiger partial charge < -0.3 is 24.5 Å². The van der Waals surface area contributed by atoms with Crippen LogP contribution in [0.15, 0.2) is 98.9 Å². The molecule has 262 valence electrons. The summed E-state index contributed by atoms with van der Waals surface area (Å²) >= 11 is 0. The van der Waals surface area contributed by atoms with Crippen LogP contribution in [0.4, 0.5) is 11.4 Å². The second-order valence-electron chi connectivity index (χ2n) is 12.2. The van der Waals surface area contributed by atoms with Gasteiger partial charge in [-0.3, -0.25) is 28.4 Å². The lowest BCUT2D eigenvalue weighted by Crippen LogP contribution is -2.25. The topological polar surface area (TPSA) is 137 Å². The van der Waals surface area contributed by atoms with Gasteiger partial charge >= 0.3 is 5.69 Å². The van der Waals surface area contributed by atoms with E-state index in [0.717, 1.165) is 54.3 Å². The Labute approximate surface area is 293 Å². The second kappa shape index (κ2) is 14.8. The Balaban J connectivity index is 1.14. The number of nitrogens with one attached hydrogen (secondary N) is 2. The number of amides is 2. The number of methoxy groups -OCH3 is 2. The van der Waals surface area contributed by atoms with Gasteiger partial charge in [0, 0.05) is 45.0 Å². The van der Waals surface area contributed by atoms with Gasteiger partial charge in [0.15, 0.2) is 22.7 Å². The summed E-state index contributed by atoms with van der Waals surface area (Å²) in [6.07, 6.45) is 0.797. The van der Waals surface area contributed by atoms with Gasteiger partial charge in [0.1, 0.15) is 5.58 Å². The standard InChI is InChI=1S/C39H39N5O7/c1-6-44(23-25-13-16-30-31(19-25)43(3)39(48)42(30)2)18-17-24-11-14-26(15-12-24)40-37(46)28-20-34(49-4)35(50-5)21-29(28)41-38(47)36-22-32(45)27-9-7-8-10-33(27)51-36/h7-16,19-22H,6,17-18,23H2,1-5H3,(H,40,46)(H,41,47). The van der Waals surface area contributed by atoms with Crippen molar-refractivity contribution in [1.82, 2.24) is 14.0 Å². The summed E-state index contributed by atoms with van der Waals surface area (Å²) in [6, 6.07) is 24.4. The predicted octanol–water partition coefficient (Wildman–Crippen LogP) is 5.57. The van der Waals surface area contributed by atoms with Crippen molar-refractivity contribution in [3.8, 4) is 11.5 Å². The Morgan fingerprint density at radius 1 is 0.784 bits per heavy atom. The van der Waals surface area contributed by atoms with Crippen LogP contribution < -0.4 is 31.2 Å². The molecule has 12 heteroatoms. The monoisotopic (exact) mass is 689 g/mol. The molecule has 6 aromatic rings. The van der Waals surface area contributed by atoms with Crippen LogP contribution in [0.25, 0.3) is 22.0 Å². The van der Waals surface area contributed by atoms with E-state index < -0.39 is 11.8 Å². The molecule has 4 aromatic carbocycles. The minimum absolute atomic E-state index is 0.0433. The maximum Gasteiger partial charge on any atom is 0.328 e. The summed E-state index contributed by atoms with van der Waals surface area (Å²) in [5, 5.41) is 5.95. The number of hydrogen-bond donors (Lipinski definition) is 2. The number of rotatable bonds is 12. The van der Waals surface area contributed by atoms with Crippen LogP contribution in [-0.2, 0) is 27.1 Å². The van der Waals surface area contributed by atoms with Crippen LogP contribution in [0.5, 0.6) is 11.5 Å². The number of fused-ring (bicyclic) bond motifs is 2. The van der Waals surface area contributed by atoms with E-state index >= 15 is 0 Å². The van der Waals surface area contributed by atoms with Crippen LogP contribution in [0.2, 0.25) is 0 Å². The van der Waals surface area contributed by atoms with Crippen LogP contribution in [0, 0.1) is 0 Å². The molecule has 0 saturated heterocycles. The molecule has 51 heavy (non-hydrogen) atoms. The third-order valence-electron chi connectivity index (χ3n) is 8.99. The van der Waals surface area contributed by atoms with Crippen LogP contribution in [-0.4, -0.2) is 53.2 Å². The average Bonchev–Trinajstić information content (AvgIpc) is 3.36. The summed E-state index contributed by atoms with van der Waals surface area (Å²) in [5.74, 6) is -0.830. The van der Waals surface area contributed by atoms with E-state index in [2.05, 4.69) is 34.6 Å². The van der Waals surface area contributed by atoms with Crippen molar-refractivity contribution >= 4 is 45.2 Å². The number of carbonyl (C=O) groups is 2. The molecule has 0 atom stereocenters. The molecular weight excluding hydrogens is 650 g/mol. The van der Waals surface area contributed by atoms with Crippen molar-refractivity contribution in [1.29, 1.82) is 0 Å². The number of ether oxygens (including phenoxy) is 2. The fourth-order valence-electron chi connectivity index (χ4n) is 6.07. The molecule has 0 fully saturated rings. The van der Waals surface area contributed by atoms with Crippen molar-refractivity contribution in [3.05, 3.63) is 128 Å². The van der Waals surface area contributed by atoms with E-state index in [1.807, 2.05) is 30.3 Å². The number of aryl methyl sites for hydroxylation is 2. The molecule has 2 amide bonds. The van der Waals surface area contributed by atoms with Gasteiger partial charge in [-0.25, -0.2) is 4.79 Å². The van der Waals surface area contributed by atoms with Crippen molar-refractivity contribution in [2.75, 3.05) is 37.9 Å². The highest BCUT2D eigenvalue weighted by atomic mass is 16.5. The maximum absolute atomic E-state index is 13.6. The van der Waals surface area contributed by atoms with Crippen LogP contribution >= 0.6 is 0 Å². The Morgan fingerprint density at radius 2 is 1.47 bits per heavy atom. The number of imidazole rings is 1. The Hall–Kier alpha value is -6.14. The minimum Gasteiger partial charge on any atom is -0.493 e. The first-order chi connectivity index (χ1) is 24.6. The highest BCUT2D eigenvalue weighted by Crippen LogP contribution is 2.34. The van der Waals surface area contributed by atoms with Crippen LogP contribution in [0.1, 0.15) is 39.0 Å². The number of para-hydroxylation sites is 1. The third kappa shape index (κ3) is 7.26. The Bertz CT molecular complexity index is 2370. The molecule has 0 bridgehead atoms. The summed E-state index contributed by atoms with van der Waals surface area (Å²) < 4.78 is 19.9. The Morgan fingerprint density at radius 3 is 2.20 bits per heavy atom. The molecule has 2 aromatic heterocycles. The summed E-state index contributed by atoms with van der Waals surface area (Å²) in [6.45, 7) is 4.55. The molecule has 6 rings (SSSR count).